The molecule has 0 spiro atoms. The molecule has 0 bridgehead atoms. The molecule has 1 atom stereocenters. The number of hydrogen-bond acceptors (Lipinski definition) is 2. The Kier molecular flexibility index (Phi) is 29.4. The van der Waals surface area contributed by atoms with Crippen LogP contribution in [-0.2, 0) is 32.7 Å². The van der Waals surface area contributed by atoms with E-state index >= 15 is 0 Å². The van der Waals surface area contributed by atoms with Crippen molar-refractivity contribution in [1.82, 2.24) is 0 Å². The summed E-state index contributed by atoms with van der Waals surface area (Å²) in [6.07, 6.45) is 1.41. The van der Waals surface area contributed by atoms with Crippen LogP contribution in [-0.4, -0.2) is 17.8 Å². The first kappa shape index (κ1) is 16.5. The van der Waals surface area contributed by atoms with Crippen molar-refractivity contribution < 1.29 is 37.8 Å². The summed E-state index contributed by atoms with van der Waals surface area (Å²) in [5.41, 5.74) is 4.86. The zero-order chi connectivity index (χ0) is 6.99. The average molecular weight is 206 g/mol. The van der Waals surface area contributed by atoms with Crippen molar-refractivity contribution in [2.45, 2.75) is 20.0 Å². The van der Waals surface area contributed by atoms with Crippen molar-refractivity contribution in [3.63, 3.8) is 0 Å². The molecule has 0 aromatic heterocycles. The number of nitrogens with two attached hydrogens (primary N) is 1. The van der Waals surface area contributed by atoms with Crippen molar-refractivity contribution >= 4 is 0 Å². The molecule has 9 heavy (non-hydrogen) atoms. The molecule has 1 unspecified atom stereocenters. The molecule has 0 fully saturated rings. The summed E-state index contributed by atoms with van der Waals surface area (Å²) < 4.78 is 0. The Hall–Kier alpha value is 1.02. The fourth-order valence-electron chi connectivity index (χ4n) is 0. The number of hydrogen-bond donors (Lipinski definition) is 2. The predicted octanol–water partition coefficient (Wildman–Crippen LogP) is 0.368. The smallest absolute Gasteiger partial charge is 0 e. The normalized spacial score (nSPS) is 10.3. The van der Waals surface area contributed by atoms with Crippen LogP contribution < -0.4 is 5.73 Å². The second kappa shape index (κ2) is 16.0. The van der Waals surface area contributed by atoms with E-state index in [4.69, 9.17) is 10.8 Å². The van der Waals surface area contributed by atoms with E-state index in [1.165, 1.54) is 0 Å². The molecule has 0 heterocycles. The quantitative estimate of drug-likeness (QED) is 0.609. The Balaban J connectivity index is -0.0000000800. The molecule has 0 aliphatic rings. The summed E-state index contributed by atoms with van der Waals surface area (Å²) in [5, 5.41) is 8.12. The minimum atomic E-state index is -0.588. The monoisotopic (exact) mass is 206 g/mol. The molecule has 2 nitrogen and oxygen atoms in total. The van der Waals surface area contributed by atoms with Gasteiger partial charge < -0.3 is 24.2 Å². The first-order valence-corrected chi connectivity index (χ1v) is 2.64. The van der Waals surface area contributed by atoms with Crippen molar-refractivity contribution in [2.75, 3.05) is 6.54 Å². The van der Waals surface area contributed by atoms with Gasteiger partial charge in [0.2, 0.25) is 0 Å². The van der Waals surface area contributed by atoms with Gasteiger partial charge in [-0.1, -0.05) is 6.10 Å². The molecular formula is C6H15NOY-2. The van der Waals surface area contributed by atoms with E-state index in [1.54, 1.807) is 0 Å². The van der Waals surface area contributed by atoms with Gasteiger partial charge in [-0.05, 0) is 6.54 Å². The molecule has 1 radical (unpaired) electrons. The van der Waals surface area contributed by atoms with E-state index in [0.717, 1.165) is 0 Å². The minimum Gasteiger partial charge on any atom is -0.424 e. The van der Waals surface area contributed by atoms with E-state index < -0.39 is 6.10 Å². The third kappa shape index (κ3) is 48.7. The Bertz CT molecular complexity index is 34.2. The van der Waals surface area contributed by atoms with Crippen molar-refractivity contribution in [3.05, 3.63) is 13.3 Å². The van der Waals surface area contributed by atoms with Crippen LogP contribution in [0.4, 0.5) is 0 Å². The molecule has 0 aromatic carbocycles. The largest absolute Gasteiger partial charge is 0.424 e. The number of rotatable bonds is 1. The summed E-state index contributed by atoms with van der Waals surface area (Å²) >= 11 is 0. The van der Waals surface area contributed by atoms with Crippen molar-refractivity contribution in [2.24, 2.45) is 5.73 Å². The van der Waals surface area contributed by atoms with E-state index in [1.807, 2.05) is 20.3 Å². The molecule has 0 aliphatic carbocycles. The van der Waals surface area contributed by atoms with Crippen LogP contribution in [0.3, 0.4) is 0 Å². The molecule has 55 valence electrons. The Morgan fingerprint density at radius 2 is 1.78 bits per heavy atom. The van der Waals surface area contributed by atoms with Crippen LogP contribution in [0.15, 0.2) is 0 Å². The van der Waals surface area contributed by atoms with Gasteiger partial charge in [0.1, 0.15) is 0 Å². The maximum Gasteiger partial charge on any atom is 0 e. The van der Waals surface area contributed by atoms with Gasteiger partial charge in [-0.3, -0.25) is 0 Å². The van der Waals surface area contributed by atoms with E-state index in [9.17, 15) is 0 Å². The van der Waals surface area contributed by atoms with E-state index in [2.05, 4.69) is 6.92 Å². The summed E-state index contributed by atoms with van der Waals surface area (Å²) in [6, 6.07) is 0. The third-order valence-corrected chi connectivity index (χ3v) is 0.272. The SMILES string of the molecule is C[CH-]C.[CH2-]C(O)CN.[Y]. The zero-order valence-corrected chi connectivity index (χ0v) is 9.01. The molecular weight excluding hydrogens is 191 g/mol. The van der Waals surface area contributed by atoms with Crippen LogP contribution in [0.25, 0.3) is 0 Å². The Morgan fingerprint density at radius 1 is 1.67 bits per heavy atom. The predicted molar refractivity (Wildman–Crippen MR) is 36.1 cm³/mol. The molecule has 0 amide bonds. The van der Waals surface area contributed by atoms with E-state index in [-0.39, 0.29) is 39.3 Å². The summed E-state index contributed by atoms with van der Waals surface area (Å²) in [5.74, 6) is 0. The van der Waals surface area contributed by atoms with Gasteiger partial charge in [0.25, 0.3) is 0 Å². The first-order chi connectivity index (χ1) is 3.68. The maximum atomic E-state index is 8.12. The molecule has 3 N–H and O–H groups in total. The Morgan fingerprint density at radius 3 is 1.78 bits per heavy atom. The van der Waals surface area contributed by atoms with Crippen LogP contribution >= 0.6 is 0 Å². The van der Waals surface area contributed by atoms with Gasteiger partial charge in [-0.15, -0.1) is 0 Å². The van der Waals surface area contributed by atoms with Gasteiger partial charge in [0, 0.05) is 32.7 Å². The Labute approximate surface area is 83.1 Å². The van der Waals surface area contributed by atoms with Crippen LogP contribution in [0, 0.1) is 13.3 Å². The number of aliphatic hydroxyl groups is 1. The molecule has 0 rings (SSSR count). The molecule has 0 aromatic rings. The molecule has 0 saturated heterocycles. The van der Waals surface area contributed by atoms with Crippen molar-refractivity contribution in [1.29, 1.82) is 0 Å². The molecule has 3 heteroatoms. The van der Waals surface area contributed by atoms with Gasteiger partial charge in [-0.2, -0.15) is 13.8 Å². The van der Waals surface area contributed by atoms with Crippen LogP contribution in [0.2, 0.25) is 0 Å². The second-order valence-corrected chi connectivity index (χ2v) is 1.47. The first-order valence-electron chi connectivity index (χ1n) is 2.64. The number of aliphatic hydroxyl groups excluding tert-OH is 1. The second-order valence-electron chi connectivity index (χ2n) is 1.47. The zero-order valence-electron chi connectivity index (χ0n) is 6.17. The van der Waals surface area contributed by atoms with E-state index in [0.29, 0.717) is 0 Å². The third-order valence-electron chi connectivity index (χ3n) is 0.272. The maximum absolute atomic E-state index is 8.12. The van der Waals surface area contributed by atoms with Gasteiger partial charge >= 0.3 is 0 Å². The fourth-order valence-corrected chi connectivity index (χ4v) is 0. The van der Waals surface area contributed by atoms with Crippen LogP contribution in [0.5, 0.6) is 0 Å². The van der Waals surface area contributed by atoms with Gasteiger partial charge in [0.05, 0.1) is 0 Å². The molecule has 0 aliphatic heterocycles. The van der Waals surface area contributed by atoms with Crippen LogP contribution in [0.1, 0.15) is 13.8 Å². The average Bonchev–Trinajstić information content (AvgIpc) is 1.69. The molecule has 0 saturated carbocycles. The van der Waals surface area contributed by atoms with Gasteiger partial charge in [0.15, 0.2) is 0 Å². The summed E-state index contributed by atoms with van der Waals surface area (Å²) in [4.78, 5) is 0. The standard InChI is InChI=1S/C3H8NO.C3H7.Y/c1-3(5)2-4;1-3-2;/h3,5H,1-2,4H2;3H,1-2H3;/q2*-1;. The van der Waals surface area contributed by atoms with Gasteiger partial charge in [-0.25, -0.2) is 0 Å². The summed E-state index contributed by atoms with van der Waals surface area (Å²) in [6.45, 7) is 7.44. The minimum absolute atomic E-state index is 0. The fraction of sp³-hybridized carbons (Fsp3) is 0.667. The summed E-state index contributed by atoms with van der Waals surface area (Å²) in [7, 11) is 0. The topological polar surface area (TPSA) is 46.2 Å². The van der Waals surface area contributed by atoms with Crippen molar-refractivity contribution in [3.8, 4) is 0 Å².